The first kappa shape index (κ1) is 18.6. The molecule has 2 aliphatic rings. The molecule has 7 heteroatoms. The molecule has 3 rings (SSSR count). The number of likely N-dealkylation sites (tertiary alicyclic amines) is 2. The molecule has 0 unspecified atom stereocenters. The maximum atomic E-state index is 12.5. The molecular formula is C19H28N4O3. The second-order valence-electron chi connectivity index (χ2n) is 7.30. The van der Waals surface area contributed by atoms with Crippen LogP contribution in [-0.4, -0.2) is 58.8 Å². The van der Waals surface area contributed by atoms with Crippen LogP contribution in [0.3, 0.4) is 0 Å². The maximum Gasteiger partial charge on any atom is 0.265 e. The quantitative estimate of drug-likeness (QED) is 0.814. The predicted octanol–water partition coefficient (Wildman–Crippen LogP) is 0.883. The highest BCUT2D eigenvalue weighted by Gasteiger charge is 2.27. The fourth-order valence-corrected chi connectivity index (χ4v) is 4.10. The second kappa shape index (κ2) is 8.49. The molecule has 0 spiro atoms. The van der Waals surface area contributed by atoms with E-state index in [0.29, 0.717) is 24.4 Å². The highest BCUT2D eigenvalue weighted by atomic mass is 16.2. The van der Waals surface area contributed by atoms with Gasteiger partial charge in [0.1, 0.15) is 5.69 Å². The lowest BCUT2D eigenvalue weighted by Crippen LogP contribution is -2.48. The number of H-pyrrole nitrogens is 1. The normalized spacial score (nSPS) is 19.5. The lowest BCUT2D eigenvalue weighted by molar-refractivity contribution is -0.132. The standard InChI is InChI=1S/C19H28N4O3/c20-19(26)18-14(4-6-16(24)21-18)5-7-17(25)23-12-8-15(9-13-23)22-10-2-1-3-11-22/h4,6,15H,1-3,5,7-13H2,(H2,20,26)(H,21,24). The van der Waals surface area contributed by atoms with E-state index in [9.17, 15) is 14.4 Å². The van der Waals surface area contributed by atoms with Gasteiger partial charge in [0.2, 0.25) is 11.5 Å². The van der Waals surface area contributed by atoms with Crippen LogP contribution in [0, 0.1) is 0 Å². The topological polar surface area (TPSA) is 99.5 Å². The third-order valence-corrected chi connectivity index (χ3v) is 5.58. The van der Waals surface area contributed by atoms with E-state index in [2.05, 4.69) is 9.88 Å². The zero-order valence-electron chi connectivity index (χ0n) is 15.2. The molecule has 1 aromatic heterocycles. The van der Waals surface area contributed by atoms with Gasteiger partial charge in [0.25, 0.3) is 5.91 Å². The summed E-state index contributed by atoms with van der Waals surface area (Å²) in [4.78, 5) is 42.3. The highest BCUT2D eigenvalue weighted by Crippen LogP contribution is 2.21. The minimum Gasteiger partial charge on any atom is -0.364 e. The van der Waals surface area contributed by atoms with Crippen LogP contribution in [-0.2, 0) is 11.2 Å². The number of aromatic amines is 1. The number of nitrogens with zero attached hydrogens (tertiary/aromatic N) is 2. The number of nitrogens with two attached hydrogens (primary N) is 1. The van der Waals surface area contributed by atoms with Gasteiger partial charge in [-0.2, -0.15) is 0 Å². The second-order valence-corrected chi connectivity index (χ2v) is 7.30. The van der Waals surface area contributed by atoms with Crippen molar-refractivity contribution in [3.05, 3.63) is 33.7 Å². The van der Waals surface area contributed by atoms with Crippen LogP contribution in [0.25, 0.3) is 0 Å². The molecule has 2 amide bonds. The minimum atomic E-state index is -0.674. The summed E-state index contributed by atoms with van der Waals surface area (Å²) in [7, 11) is 0. The van der Waals surface area contributed by atoms with Crippen molar-refractivity contribution in [2.24, 2.45) is 5.73 Å². The summed E-state index contributed by atoms with van der Waals surface area (Å²) in [5.74, 6) is -0.573. The van der Waals surface area contributed by atoms with Gasteiger partial charge >= 0.3 is 0 Å². The van der Waals surface area contributed by atoms with Gasteiger partial charge in [-0.1, -0.05) is 12.5 Å². The van der Waals surface area contributed by atoms with Crippen molar-refractivity contribution in [1.82, 2.24) is 14.8 Å². The molecule has 0 bridgehead atoms. The Morgan fingerprint density at radius 3 is 2.42 bits per heavy atom. The Labute approximate surface area is 153 Å². The molecular weight excluding hydrogens is 332 g/mol. The summed E-state index contributed by atoms with van der Waals surface area (Å²) in [6.45, 7) is 3.99. The van der Waals surface area contributed by atoms with Crippen molar-refractivity contribution in [3.63, 3.8) is 0 Å². The third-order valence-electron chi connectivity index (χ3n) is 5.58. The Kier molecular flexibility index (Phi) is 6.08. The number of nitrogens with one attached hydrogen (secondary N) is 1. The van der Waals surface area contributed by atoms with E-state index in [1.165, 1.54) is 38.4 Å². The largest absolute Gasteiger partial charge is 0.364 e. The predicted molar refractivity (Wildman–Crippen MR) is 98.9 cm³/mol. The van der Waals surface area contributed by atoms with Gasteiger partial charge in [0.15, 0.2) is 0 Å². The number of rotatable bonds is 5. The number of primary amides is 1. The Morgan fingerprint density at radius 2 is 1.77 bits per heavy atom. The summed E-state index contributed by atoms with van der Waals surface area (Å²) in [5.41, 5.74) is 5.67. The number of amides is 2. The first-order valence-corrected chi connectivity index (χ1v) is 9.58. The Balaban J connectivity index is 1.50. The lowest BCUT2D eigenvalue weighted by atomic mass is 9.99. The summed E-state index contributed by atoms with van der Waals surface area (Å²) in [5, 5.41) is 0. The Hall–Kier alpha value is -2.15. The number of pyridine rings is 1. The van der Waals surface area contributed by atoms with Gasteiger partial charge < -0.3 is 20.5 Å². The van der Waals surface area contributed by atoms with Crippen LogP contribution in [0.2, 0.25) is 0 Å². The number of piperidine rings is 2. The number of aryl methyl sites for hydroxylation is 1. The van der Waals surface area contributed by atoms with E-state index < -0.39 is 5.91 Å². The Bertz CT molecular complexity index is 701. The average molecular weight is 360 g/mol. The molecule has 1 aromatic rings. The zero-order valence-corrected chi connectivity index (χ0v) is 15.2. The van der Waals surface area contributed by atoms with Crippen LogP contribution in [0.15, 0.2) is 16.9 Å². The molecule has 2 fully saturated rings. The van der Waals surface area contributed by atoms with Crippen LogP contribution in [0.4, 0.5) is 0 Å². The van der Waals surface area contributed by atoms with Gasteiger partial charge in [-0.25, -0.2) is 0 Å². The van der Waals surface area contributed by atoms with Gasteiger partial charge in [-0.15, -0.1) is 0 Å². The first-order valence-electron chi connectivity index (χ1n) is 9.58. The van der Waals surface area contributed by atoms with E-state index in [1.807, 2.05) is 4.90 Å². The van der Waals surface area contributed by atoms with Gasteiger partial charge in [0.05, 0.1) is 0 Å². The summed E-state index contributed by atoms with van der Waals surface area (Å²) in [6.07, 6.45) is 6.72. The molecule has 0 aromatic carbocycles. The van der Waals surface area contributed by atoms with E-state index in [-0.39, 0.29) is 17.2 Å². The third kappa shape index (κ3) is 4.52. The molecule has 2 saturated heterocycles. The molecule has 0 aliphatic carbocycles. The number of hydrogen-bond acceptors (Lipinski definition) is 4. The molecule has 0 radical (unpaired) electrons. The maximum absolute atomic E-state index is 12.5. The number of aromatic nitrogens is 1. The van der Waals surface area contributed by atoms with E-state index in [0.717, 1.165) is 25.9 Å². The van der Waals surface area contributed by atoms with Crippen LogP contribution >= 0.6 is 0 Å². The molecule has 3 heterocycles. The van der Waals surface area contributed by atoms with E-state index in [1.54, 1.807) is 6.07 Å². The zero-order chi connectivity index (χ0) is 18.5. The smallest absolute Gasteiger partial charge is 0.265 e. The fourth-order valence-electron chi connectivity index (χ4n) is 4.10. The van der Waals surface area contributed by atoms with Crippen LogP contribution < -0.4 is 11.3 Å². The molecule has 26 heavy (non-hydrogen) atoms. The van der Waals surface area contributed by atoms with Crippen LogP contribution in [0.5, 0.6) is 0 Å². The van der Waals surface area contributed by atoms with E-state index in [4.69, 9.17) is 5.73 Å². The Morgan fingerprint density at radius 1 is 1.08 bits per heavy atom. The molecule has 0 atom stereocenters. The van der Waals surface area contributed by atoms with Crippen molar-refractivity contribution in [2.45, 2.75) is 51.0 Å². The van der Waals surface area contributed by atoms with Crippen molar-refractivity contribution in [3.8, 4) is 0 Å². The first-order chi connectivity index (χ1) is 12.5. The number of carbonyl (C=O) groups is 2. The minimum absolute atomic E-state index is 0.101. The fraction of sp³-hybridized carbons (Fsp3) is 0.632. The van der Waals surface area contributed by atoms with E-state index >= 15 is 0 Å². The van der Waals surface area contributed by atoms with Crippen molar-refractivity contribution in [1.29, 1.82) is 0 Å². The monoisotopic (exact) mass is 360 g/mol. The lowest BCUT2D eigenvalue weighted by Gasteiger charge is -2.40. The summed E-state index contributed by atoms with van der Waals surface area (Å²) < 4.78 is 0. The van der Waals surface area contributed by atoms with Gasteiger partial charge in [-0.3, -0.25) is 14.4 Å². The summed E-state index contributed by atoms with van der Waals surface area (Å²) in [6, 6.07) is 3.55. The van der Waals surface area contributed by atoms with Crippen molar-refractivity contribution in [2.75, 3.05) is 26.2 Å². The molecule has 7 nitrogen and oxygen atoms in total. The van der Waals surface area contributed by atoms with Crippen LogP contribution in [0.1, 0.15) is 54.6 Å². The molecule has 0 saturated carbocycles. The summed E-state index contributed by atoms with van der Waals surface area (Å²) >= 11 is 0. The SMILES string of the molecule is NC(=O)c1[nH]c(=O)ccc1CCC(=O)N1CCC(N2CCCCC2)CC1. The number of hydrogen-bond donors (Lipinski definition) is 2. The highest BCUT2D eigenvalue weighted by molar-refractivity contribution is 5.92. The average Bonchev–Trinajstić information content (AvgIpc) is 2.67. The molecule has 142 valence electrons. The van der Waals surface area contributed by atoms with Gasteiger partial charge in [-0.05, 0) is 50.8 Å². The molecule has 2 aliphatic heterocycles. The van der Waals surface area contributed by atoms with Gasteiger partial charge in [0, 0.05) is 31.6 Å². The van der Waals surface area contributed by atoms with Crippen molar-refractivity contribution >= 4 is 11.8 Å². The van der Waals surface area contributed by atoms with Crippen molar-refractivity contribution < 1.29 is 9.59 Å². The molecule has 3 N–H and O–H groups in total. The number of carbonyl (C=O) groups excluding carboxylic acids is 2.